The summed E-state index contributed by atoms with van der Waals surface area (Å²) in [5, 5.41) is 0.566. The van der Waals surface area contributed by atoms with Crippen molar-refractivity contribution in [3.05, 3.63) is 0 Å². The van der Waals surface area contributed by atoms with Gasteiger partial charge in [0.1, 0.15) is 11.5 Å². The molecule has 0 aliphatic heterocycles. The van der Waals surface area contributed by atoms with E-state index in [1.54, 1.807) is 0 Å². The molecule has 1 nitrogen and oxygen atoms in total. The Morgan fingerprint density at radius 3 is 2.27 bits per heavy atom. The Hall–Kier alpha value is 0.370. The first kappa shape index (κ1) is 15.4. The van der Waals surface area contributed by atoms with E-state index in [4.69, 9.17) is 0 Å². The lowest BCUT2D eigenvalue weighted by Gasteiger charge is -2.11. The Kier molecular flexibility index (Phi) is 9.82. The van der Waals surface area contributed by atoms with Gasteiger partial charge in [-0.05, 0) is 31.9 Å². The van der Waals surface area contributed by atoms with Crippen LogP contribution in [0, 0.1) is 0 Å². The fraction of sp³-hybridized carbons (Fsp3) is 0.917. The van der Waals surface area contributed by atoms with Crippen molar-refractivity contribution in [3.63, 3.8) is 0 Å². The maximum atomic E-state index is 11.2. The molecule has 0 amide bonds. The van der Waals surface area contributed by atoms with E-state index >= 15 is 0 Å². The first-order chi connectivity index (χ1) is 7.13. The largest absolute Gasteiger partial charge is 0.386 e. The van der Waals surface area contributed by atoms with E-state index in [9.17, 15) is 4.79 Å². The predicted molar refractivity (Wildman–Crippen MR) is 75.1 cm³/mol. The Labute approximate surface area is 103 Å². The van der Waals surface area contributed by atoms with Crippen molar-refractivity contribution in [2.45, 2.75) is 64.0 Å². The zero-order chi connectivity index (χ0) is 11.7. The molecule has 0 aromatic heterocycles. The maximum absolute atomic E-state index is 11.2. The van der Waals surface area contributed by atoms with Crippen molar-refractivity contribution in [1.29, 1.82) is 0 Å². The van der Waals surface area contributed by atoms with E-state index in [1.165, 1.54) is 38.5 Å². The van der Waals surface area contributed by atoms with Gasteiger partial charge in [0.05, 0.1) is 10.9 Å². The highest BCUT2D eigenvalue weighted by molar-refractivity contribution is 8.29. The lowest BCUT2D eigenvalue weighted by Crippen LogP contribution is -2.23. The molecule has 90 valence electrons. The monoisotopic (exact) mass is 249 g/mol. The van der Waals surface area contributed by atoms with Crippen LogP contribution in [0.4, 0.5) is 4.79 Å². The highest BCUT2D eigenvalue weighted by Crippen LogP contribution is 2.18. The molecule has 0 saturated heterocycles. The van der Waals surface area contributed by atoms with E-state index in [-0.39, 0.29) is 15.3 Å². The Morgan fingerprint density at radius 2 is 1.80 bits per heavy atom. The zero-order valence-electron chi connectivity index (χ0n) is 10.3. The Bertz CT molecular complexity index is 171. The summed E-state index contributed by atoms with van der Waals surface area (Å²) in [6.07, 6.45) is 10.9. The number of hydrogen-bond donors (Lipinski definition) is 1. The number of carbonyl (C=O) groups excluding carboxylic acids is 1. The van der Waals surface area contributed by atoms with Crippen LogP contribution in [0.15, 0.2) is 0 Å². The van der Waals surface area contributed by atoms with E-state index in [1.807, 2.05) is 6.26 Å². The standard InChI is InChI=1S/C12H24OS2/c1-4-6-7-8-9-10-11(5-2)15(3)12(13)14/h11H,4-10H2,1-3H3/p+1. The third-order valence-corrected chi connectivity index (χ3v) is 5.84. The van der Waals surface area contributed by atoms with Gasteiger partial charge in [0.25, 0.3) is 0 Å². The highest BCUT2D eigenvalue weighted by Gasteiger charge is 2.29. The van der Waals surface area contributed by atoms with Crippen molar-refractivity contribution >= 4 is 28.0 Å². The molecule has 0 spiro atoms. The molecular formula is C12H25OS2+. The third kappa shape index (κ3) is 7.29. The summed E-state index contributed by atoms with van der Waals surface area (Å²) in [5.41, 5.74) is 0. The van der Waals surface area contributed by atoms with Gasteiger partial charge in [-0.15, -0.1) is 0 Å². The first-order valence-electron chi connectivity index (χ1n) is 6.01. The molecular weight excluding hydrogens is 224 g/mol. The smallest absolute Gasteiger partial charge is 0.225 e. The second kappa shape index (κ2) is 9.59. The van der Waals surface area contributed by atoms with E-state index in [0.717, 1.165) is 6.42 Å². The van der Waals surface area contributed by atoms with Gasteiger partial charge in [-0.3, -0.25) is 0 Å². The molecule has 0 aromatic carbocycles. The van der Waals surface area contributed by atoms with Crippen LogP contribution in [0.1, 0.15) is 58.8 Å². The molecule has 0 rings (SSSR count). The van der Waals surface area contributed by atoms with Gasteiger partial charge in [-0.1, -0.05) is 39.5 Å². The Balaban J connectivity index is 3.66. The first-order valence-corrected chi connectivity index (χ1v) is 8.15. The minimum absolute atomic E-state index is 0.0791. The molecule has 0 bridgehead atoms. The average molecular weight is 249 g/mol. The lowest BCUT2D eigenvalue weighted by atomic mass is 10.1. The van der Waals surface area contributed by atoms with Gasteiger partial charge in [-0.2, -0.15) is 0 Å². The molecule has 0 aliphatic carbocycles. The van der Waals surface area contributed by atoms with Gasteiger partial charge < -0.3 is 0 Å². The van der Waals surface area contributed by atoms with Crippen molar-refractivity contribution in [2.75, 3.05) is 6.26 Å². The molecule has 15 heavy (non-hydrogen) atoms. The van der Waals surface area contributed by atoms with Crippen LogP contribution < -0.4 is 0 Å². The molecule has 0 aromatic rings. The van der Waals surface area contributed by atoms with Gasteiger partial charge in [0.2, 0.25) is 0 Å². The van der Waals surface area contributed by atoms with E-state index in [2.05, 4.69) is 26.5 Å². The summed E-state index contributed by atoms with van der Waals surface area (Å²) < 4.78 is 0.0791. The molecule has 0 N–H and O–H groups in total. The van der Waals surface area contributed by atoms with Crippen LogP contribution in [0.2, 0.25) is 0 Å². The summed E-state index contributed by atoms with van der Waals surface area (Å²) >= 11 is 3.94. The number of carbonyl (C=O) groups is 1. The molecule has 0 saturated carbocycles. The fourth-order valence-electron chi connectivity index (χ4n) is 1.75. The molecule has 0 heterocycles. The second-order valence-corrected chi connectivity index (χ2v) is 6.92. The van der Waals surface area contributed by atoms with Crippen LogP contribution >= 0.6 is 12.6 Å². The summed E-state index contributed by atoms with van der Waals surface area (Å²) in [6, 6.07) is 0. The average Bonchev–Trinajstić information content (AvgIpc) is 2.22. The number of unbranched alkanes of at least 4 members (excludes halogenated alkanes) is 4. The van der Waals surface area contributed by atoms with Crippen molar-refractivity contribution in [3.8, 4) is 0 Å². The van der Waals surface area contributed by atoms with Gasteiger partial charge in [-0.25, -0.2) is 4.79 Å². The summed E-state index contributed by atoms with van der Waals surface area (Å²) in [6.45, 7) is 4.41. The van der Waals surface area contributed by atoms with Crippen molar-refractivity contribution in [1.82, 2.24) is 0 Å². The third-order valence-electron chi connectivity index (χ3n) is 2.86. The summed E-state index contributed by atoms with van der Waals surface area (Å²) in [7, 11) is -0.141. The van der Waals surface area contributed by atoms with Crippen LogP contribution in [-0.2, 0) is 10.9 Å². The van der Waals surface area contributed by atoms with E-state index < -0.39 is 0 Å². The second-order valence-electron chi connectivity index (χ2n) is 4.06. The summed E-state index contributed by atoms with van der Waals surface area (Å²) in [4.78, 5) is 11.2. The van der Waals surface area contributed by atoms with Gasteiger partial charge >= 0.3 is 4.45 Å². The molecule has 2 unspecified atom stereocenters. The van der Waals surface area contributed by atoms with Crippen molar-refractivity contribution in [2.24, 2.45) is 0 Å². The van der Waals surface area contributed by atoms with Crippen LogP contribution in [0.3, 0.4) is 0 Å². The SMILES string of the molecule is CCCCCCCC(CC)[S+](C)C(=O)S. The molecule has 0 radical (unpaired) electrons. The quantitative estimate of drug-likeness (QED) is 0.383. The van der Waals surface area contributed by atoms with Crippen LogP contribution in [-0.4, -0.2) is 16.0 Å². The normalized spacial score (nSPS) is 14.9. The zero-order valence-corrected chi connectivity index (χ0v) is 12.0. The highest BCUT2D eigenvalue weighted by atomic mass is 32.2. The molecule has 3 heteroatoms. The molecule has 0 aliphatic rings. The number of hydrogen-bond acceptors (Lipinski definition) is 1. The minimum Gasteiger partial charge on any atom is -0.225 e. The maximum Gasteiger partial charge on any atom is 0.386 e. The lowest BCUT2D eigenvalue weighted by molar-refractivity contribution is 0.276. The van der Waals surface area contributed by atoms with Gasteiger partial charge in [0.15, 0.2) is 0 Å². The molecule has 0 fully saturated rings. The minimum atomic E-state index is -0.141. The Morgan fingerprint density at radius 1 is 1.20 bits per heavy atom. The van der Waals surface area contributed by atoms with Gasteiger partial charge in [0, 0.05) is 0 Å². The fourth-order valence-corrected chi connectivity index (χ4v) is 3.50. The predicted octanol–water partition coefficient (Wildman–Crippen LogP) is 4.42. The number of rotatable bonds is 8. The van der Waals surface area contributed by atoms with Crippen LogP contribution in [0.5, 0.6) is 0 Å². The number of thiol groups is 1. The topological polar surface area (TPSA) is 17.1 Å². The van der Waals surface area contributed by atoms with Crippen molar-refractivity contribution < 1.29 is 4.79 Å². The molecule has 2 atom stereocenters. The summed E-state index contributed by atoms with van der Waals surface area (Å²) in [5.74, 6) is 0. The van der Waals surface area contributed by atoms with Crippen LogP contribution in [0.25, 0.3) is 0 Å². The van der Waals surface area contributed by atoms with E-state index in [0.29, 0.717) is 5.25 Å².